The van der Waals surface area contributed by atoms with Gasteiger partial charge in [0.25, 0.3) is 0 Å². The van der Waals surface area contributed by atoms with Crippen LogP contribution in [0.5, 0.6) is 11.5 Å². The molecule has 0 aliphatic carbocycles. The minimum absolute atomic E-state index is 0.417. The summed E-state index contributed by atoms with van der Waals surface area (Å²) in [5.74, 6) is 2.42. The Morgan fingerprint density at radius 2 is 1.64 bits per heavy atom. The van der Waals surface area contributed by atoms with Gasteiger partial charge < -0.3 is 20.1 Å². The molecule has 0 atom stereocenters. The van der Waals surface area contributed by atoms with Crippen LogP contribution >= 0.6 is 11.6 Å². The van der Waals surface area contributed by atoms with Crippen LogP contribution in [0.2, 0.25) is 5.02 Å². The molecule has 3 rings (SSSR count). The van der Waals surface area contributed by atoms with Gasteiger partial charge in [0, 0.05) is 11.2 Å². The van der Waals surface area contributed by atoms with Gasteiger partial charge in [-0.15, -0.1) is 0 Å². The Hall–Kier alpha value is -2.99. The van der Waals surface area contributed by atoms with Crippen molar-refractivity contribution in [2.24, 2.45) is 0 Å². The number of rotatable bonds is 6. The van der Waals surface area contributed by atoms with Crippen LogP contribution in [0.1, 0.15) is 0 Å². The van der Waals surface area contributed by atoms with Crippen molar-refractivity contribution in [3.63, 3.8) is 0 Å². The first kappa shape index (κ1) is 16.9. The standard InChI is InChI=1S/C18H17ClN4O2/c1-24-15-6-4-3-5-13(15)21-17-9-10-20-18(23-17)22-14-11-12(19)7-8-16(14)25-2/h3-11H,1-2H3,(H2,20,21,22,23). The summed E-state index contributed by atoms with van der Waals surface area (Å²) >= 11 is 6.05. The van der Waals surface area contributed by atoms with E-state index in [1.807, 2.05) is 24.3 Å². The maximum absolute atomic E-state index is 6.05. The lowest BCUT2D eigenvalue weighted by atomic mass is 10.3. The lowest BCUT2D eigenvalue weighted by Gasteiger charge is -2.12. The normalized spacial score (nSPS) is 10.2. The number of hydrogen-bond acceptors (Lipinski definition) is 6. The molecular formula is C18H17ClN4O2. The van der Waals surface area contributed by atoms with Crippen molar-refractivity contribution >= 4 is 34.7 Å². The highest BCUT2D eigenvalue weighted by Crippen LogP contribution is 2.30. The molecule has 0 aliphatic heterocycles. The number of halogens is 1. The molecule has 2 N–H and O–H groups in total. The molecule has 0 saturated heterocycles. The largest absolute Gasteiger partial charge is 0.495 e. The van der Waals surface area contributed by atoms with Crippen molar-refractivity contribution < 1.29 is 9.47 Å². The predicted octanol–water partition coefficient (Wildman–Crippen LogP) is 4.63. The van der Waals surface area contributed by atoms with E-state index in [4.69, 9.17) is 21.1 Å². The lowest BCUT2D eigenvalue weighted by Crippen LogP contribution is -2.02. The smallest absolute Gasteiger partial charge is 0.229 e. The van der Waals surface area contributed by atoms with Crippen LogP contribution in [0.3, 0.4) is 0 Å². The van der Waals surface area contributed by atoms with Gasteiger partial charge in [-0.2, -0.15) is 4.98 Å². The molecule has 1 heterocycles. The fraction of sp³-hybridized carbons (Fsp3) is 0.111. The molecule has 128 valence electrons. The van der Waals surface area contributed by atoms with Crippen molar-refractivity contribution in [2.45, 2.75) is 0 Å². The van der Waals surface area contributed by atoms with Gasteiger partial charge in [0.15, 0.2) is 0 Å². The van der Waals surface area contributed by atoms with Crippen molar-refractivity contribution in [3.8, 4) is 11.5 Å². The molecule has 25 heavy (non-hydrogen) atoms. The fourth-order valence-electron chi connectivity index (χ4n) is 2.27. The number of benzene rings is 2. The van der Waals surface area contributed by atoms with Crippen LogP contribution < -0.4 is 20.1 Å². The molecule has 3 aromatic rings. The molecule has 1 aromatic heterocycles. The summed E-state index contributed by atoms with van der Waals surface area (Å²) in [6.07, 6.45) is 1.66. The van der Waals surface area contributed by atoms with E-state index in [2.05, 4.69) is 20.6 Å². The summed E-state index contributed by atoms with van der Waals surface area (Å²) < 4.78 is 10.7. The number of hydrogen-bond donors (Lipinski definition) is 2. The second-order valence-electron chi connectivity index (χ2n) is 5.06. The zero-order chi connectivity index (χ0) is 17.6. The molecular weight excluding hydrogens is 340 g/mol. The van der Waals surface area contributed by atoms with Crippen LogP contribution in [0.4, 0.5) is 23.1 Å². The number of nitrogens with one attached hydrogen (secondary N) is 2. The number of ether oxygens (including phenoxy) is 2. The van der Waals surface area contributed by atoms with Crippen molar-refractivity contribution in [2.75, 3.05) is 24.9 Å². The Morgan fingerprint density at radius 3 is 2.44 bits per heavy atom. The lowest BCUT2D eigenvalue weighted by molar-refractivity contribution is 0.417. The number of aromatic nitrogens is 2. The first-order valence-corrected chi connectivity index (χ1v) is 7.91. The minimum Gasteiger partial charge on any atom is -0.495 e. The summed E-state index contributed by atoms with van der Waals surface area (Å²) in [6.45, 7) is 0. The average molecular weight is 357 g/mol. The van der Waals surface area contributed by atoms with Crippen LogP contribution in [-0.4, -0.2) is 24.2 Å². The van der Waals surface area contributed by atoms with Crippen LogP contribution in [0.25, 0.3) is 0 Å². The van der Waals surface area contributed by atoms with Crippen LogP contribution in [0, 0.1) is 0 Å². The van der Waals surface area contributed by atoms with E-state index in [-0.39, 0.29) is 0 Å². The van der Waals surface area contributed by atoms with E-state index in [1.54, 1.807) is 44.7 Å². The van der Waals surface area contributed by atoms with E-state index >= 15 is 0 Å². The molecule has 0 radical (unpaired) electrons. The highest BCUT2D eigenvalue weighted by Gasteiger charge is 2.08. The van der Waals surface area contributed by atoms with Gasteiger partial charge in [0.05, 0.1) is 25.6 Å². The zero-order valence-electron chi connectivity index (χ0n) is 13.8. The highest BCUT2D eigenvalue weighted by molar-refractivity contribution is 6.31. The van der Waals surface area contributed by atoms with Crippen LogP contribution in [0.15, 0.2) is 54.7 Å². The van der Waals surface area contributed by atoms with Gasteiger partial charge in [-0.05, 0) is 36.4 Å². The molecule has 0 saturated carbocycles. The van der Waals surface area contributed by atoms with E-state index < -0.39 is 0 Å². The van der Waals surface area contributed by atoms with E-state index in [0.717, 1.165) is 11.4 Å². The van der Waals surface area contributed by atoms with Crippen LogP contribution in [-0.2, 0) is 0 Å². The Labute approximate surface area is 150 Å². The quantitative estimate of drug-likeness (QED) is 0.671. The molecule has 0 fully saturated rings. The summed E-state index contributed by atoms with van der Waals surface area (Å²) in [6, 6.07) is 14.7. The number of methoxy groups -OCH3 is 2. The van der Waals surface area contributed by atoms with Crippen molar-refractivity contribution in [1.82, 2.24) is 9.97 Å². The third-order valence-electron chi connectivity index (χ3n) is 3.43. The number of nitrogens with zero attached hydrogens (tertiary/aromatic N) is 2. The molecule has 0 aliphatic rings. The Balaban J connectivity index is 1.84. The third kappa shape index (κ3) is 4.10. The molecule has 6 nitrogen and oxygen atoms in total. The van der Waals surface area contributed by atoms with Gasteiger partial charge >= 0.3 is 0 Å². The first-order chi connectivity index (χ1) is 12.2. The monoisotopic (exact) mass is 356 g/mol. The summed E-state index contributed by atoms with van der Waals surface area (Å²) in [4.78, 5) is 8.69. The molecule has 2 aromatic carbocycles. The van der Waals surface area contributed by atoms with Crippen molar-refractivity contribution in [3.05, 3.63) is 59.8 Å². The average Bonchev–Trinajstić information content (AvgIpc) is 2.63. The van der Waals surface area contributed by atoms with E-state index in [1.165, 1.54) is 0 Å². The van der Waals surface area contributed by atoms with Gasteiger partial charge in [0.1, 0.15) is 17.3 Å². The maximum atomic E-state index is 6.05. The molecule has 0 bridgehead atoms. The highest BCUT2D eigenvalue weighted by atomic mass is 35.5. The van der Waals surface area contributed by atoms with Gasteiger partial charge in [-0.1, -0.05) is 23.7 Å². The molecule has 7 heteroatoms. The van der Waals surface area contributed by atoms with Gasteiger partial charge in [-0.25, -0.2) is 4.98 Å². The maximum Gasteiger partial charge on any atom is 0.229 e. The SMILES string of the molecule is COc1ccccc1Nc1ccnc(Nc2cc(Cl)ccc2OC)n1. The molecule has 0 amide bonds. The zero-order valence-corrected chi connectivity index (χ0v) is 14.5. The van der Waals surface area contributed by atoms with Crippen molar-refractivity contribution in [1.29, 1.82) is 0 Å². The Morgan fingerprint density at radius 1 is 0.880 bits per heavy atom. The second kappa shape index (κ2) is 7.72. The first-order valence-electron chi connectivity index (χ1n) is 7.53. The molecule has 0 unspecified atom stereocenters. The molecule has 0 spiro atoms. The third-order valence-corrected chi connectivity index (χ3v) is 3.67. The Kier molecular flexibility index (Phi) is 5.20. The predicted molar refractivity (Wildman–Crippen MR) is 99.6 cm³/mol. The van der Waals surface area contributed by atoms with Gasteiger partial charge in [-0.3, -0.25) is 0 Å². The topological polar surface area (TPSA) is 68.3 Å². The second-order valence-corrected chi connectivity index (χ2v) is 5.50. The van der Waals surface area contributed by atoms with E-state index in [9.17, 15) is 0 Å². The number of anilines is 4. The van der Waals surface area contributed by atoms with Gasteiger partial charge in [0.2, 0.25) is 5.95 Å². The minimum atomic E-state index is 0.417. The Bertz CT molecular complexity index is 873. The summed E-state index contributed by atoms with van der Waals surface area (Å²) in [5.41, 5.74) is 1.50. The summed E-state index contributed by atoms with van der Waals surface area (Å²) in [5, 5.41) is 6.92. The number of para-hydroxylation sites is 2. The fourth-order valence-corrected chi connectivity index (χ4v) is 2.44. The van der Waals surface area contributed by atoms with E-state index in [0.29, 0.717) is 28.2 Å². The summed E-state index contributed by atoms with van der Waals surface area (Å²) in [7, 11) is 3.22.